The Balaban J connectivity index is 1.51. The SMILES string of the molecule is CCC1C(CCC(=O)Cc2ccccc2)=CC=C1CCC(=O)c1ccc(OC)c(OC)c1. The quantitative estimate of drug-likeness (QED) is 0.377. The number of allylic oxidation sites excluding steroid dienone is 4. The van der Waals surface area contributed by atoms with E-state index in [1.165, 1.54) is 11.1 Å². The number of Topliss-reactive ketones (excluding diaryl/α,β-unsaturated/α-hetero) is 2. The summed E-state index contributed by atoms with van der Waals surface area (Å²) in [7, 11) is 3.15. The molecule has 0 spiro atoms. The van der Waals surface area contributed by atoms with E-state index in [1.54, 1.807) is 32.4 Å². The van der Waals surface area contributed by atoms with Crippen molar-refractivity contribution in [3.05, 3.63) is 83.0 Å². The Morgan fingerprint density at radius 2 is 1.50 bits per heavy atom. The number of ether oxygens (including phenoxy) is 2. The van der Waals surface area contributed by atoms with Gasteiger partial charge in [-0.1, -0.05) is 60.6 Å². The maximum absolute atomic E-state index is 12.7. The van der Waals surface area contributed by atoms with Crippen LogP contribution in [0.15, 0.2) is 71.8 Å². The van der Waals surface area contributed by atoms with Gasteiger partial charge >= 0.3 is 0 Å². The van der Waals surface area contributed by atoms with Crippen molar-refractivity contribution in [2.24, 2.45) is 5.92 Å². The first kappa shape index (κ1) is 23.5. The van der Waals surface area contributed by atoms with Gasteiger partial charge in [-0.15, -0.1) is 0 Å². The maximum atomic E-state index is 12.7. The molecule has 0 saturated heterocycles. The summed E-state index contributed by atoms with van der Waals surface area (Å²) >= 11 is 0. The minimum Gasteiger partial charge on any atom is -0.493 e. The van der Waals surface area contributed by atoms with E-state index in [-0.39, 0.29) is 11.6 Å². The van der Waals surface area contributed by atoms with Gasteiger partial charge in [0.05, 0.1) is 14.2 Å². The van der Waals surface area contributed by atoms with Gasteiger partial charge in [0.25, 0.3) is 0 Å². The number of hydrogen-bond donors (Lipinski definition) is 0. The second-order valence-electron chi connectivity index (χ2n) is 8.14. The molecule has 1 unspecified atom stereocenters. The topological polar surface area (TPSA) is 52.6 Å². The lowest BCUT2D eigenvalue weighted by Crippen LogP contribution is -2.09. The van der Waals surface area contributed by atoms with Crippen LogP contribution in [0.5, 0.6) is 11.5 Å². The third-order valence-corrected chi connectivity index (χ3v) is 6.10. The highest BCUT2D eigenvalue weighted by molar-refractivity contribution is 5.96. The Labute approximate surface area is 190 Å². The second kappa shape index (κ2) is 11.5. The summed E-state index contributed by atoms with van der Waals surface area (Å²) in [5, 5.41) is 0. The van der Waals surface area contributed by atoms with Gasteiger partial charge in [0.15, 0.2) is 17.3 Å². The molecule has 1 aliphatic carbocycles. The monoisotopic (exact) mass is 432 g/mol. The summed E-state index contributed by atoms with van der Waals surface area (Å²) in [6, 6.07) is 15.2. The number of hydrogen-bond acceptors (Lipinski definition) is 4. The fraction of sp³-hybridized carbons (Fsp3) is 0.357. The molecule has 168 valence electrons. The molecule has 0 saturated carbocycles. The van der Waals surface area contributed by atoms with Crippen LogP contribution in [0.1, 0.15) is 54.9 Å². The van der Waals surface area contributed by atoms with Gasteiger partial charge in [-0.05, 0) is 43.0 Å². The Kier molecular flexibility index (Phi) is 8.43. The zero-order valence-corrected chi connectivity index (χ0v) is 19.2. The van der Waals surface area contributed by atoms with Gasteiger partial charge in [-0.25, -0.2) is 0 Å². The van der Waals surface area contributed by atoms with Crippen molar-refractivity contribution in [1.82, 2.24) is 0 Å². The summed E-state index contributed by atoms with van der Waals surface area (Å²) in [6.45, 7) is 2.17. The number of benzene rings is 2. The van der Waals surface area contributed by atoms with Gasteiger partial charge in [-0.2, -0.15) is 0 Å². The molecule has 4 nitrogen and oxygen atoms in total. The molecule has 0 radical (unpaired) electrons. The van der Waals surface area contributed by atoms with Gasteiger partial charge in [0.2, 0.25) is 0 Å². The Hall–Kier alpha value is -3.14. The molecule has 1 aliphatic rings. The summed E-state index contributed by atoms with van der Waals surface area (Å²) < 4.78 is 10.6. The molecule has 0 aliphatic heterocycles. The first-order chi connectivity index (χ1) is 15.5. The van der Waals surface area contributed by atoms with E-state index >= 15 is 0 Å². The third kappa shape index (κ3) is 5.97. The van der Waals surface area contributed by atoms with Crippen LogP contribution in [-0.4, -0.2) is 25.8 Å². The van der Waals surface area contributed by atoms with Crippen molar-refractivity contribution < 1.29 is 19.1 Å². The van der Waals surface area contributed by atoms with E-state index in [0.29, 0.717) is 42.2 Å². The Bertz CT molecular complexity index is 1000. The number of carbonyl (C=O) groups excluding carboxylic acids is 2. The van der Waals surface area contributed by atoms with E-state index in [0.717, 1.165) is 24.8 Å². The van der Waals surface area contributed by atoms with E-state index in [4.69, 9.17) is 9.47 Å². The maximum Gasteiger partial charge on any atom is 0.163 e. The van der Waals surface area contributed by atoms with Crippen LogP contribution < -0.4 is 9.47 Å². The summed E-state index contributed by atoms with van der Waals surface area (Å²) in [5.41, 5.74) is 4.29. The molecule has 0 aromatic heterocycles. The van der Waals surface area contributed by atoms with Crippen molar-refractivity contribution in [2.75, 3.05) is 14.2 Å². The van der Waals surface area contributed by atoms with Crippen LogP contribution in [0.3, 0.4) is 0 Å². The van der Waals surface area contributed by atoms with Gasteiger partial charge in [0.1, 0.15) is 5.78 Å². The molecule has 2 aromatic carbocycles. The summed E-state index contributed by atoms with van der Waals surface area (Å²) in [5.74, 6) is 1.87. The van der Waals surface area contributed by atoms with E-state index in [2.05, 4.69) is 19.1 Å². The molecular formula is C28H32O4. The fourth-order valence-corrected chi connectivity index (χ4v) is 4.33. The molecule has 0 amide bonds. The molecule has 0 heterocycles. The van der Waals surface area contributed by atoms with Crippen LogP contribution in [0.2, 0.25) is 0 Å². The molecule has 4 heteroatoms. The van der Waals surface area contributed by atoms with Crippen molar-refractivity contribution in [1.29, 1.82) is 0 Å². The van der Waals surface area contributed by atoms with Crippen LogP contribution in [-0.2, 0) is 11.2 Å². The van der Waals surface area contributed by atoms with Crippen molar-refractivity contribution in [3.63, 3.8) is 0 Å². The fourth-order valence-electron chi connectivity index (χ4n) is 4.33. The van der Waals surface area contributed by atoms with Crippen LogP contribution in [0.4, 0.5) is 0 Å². The van der Waals surface area contributed by atoms with Crippen molar-refractivity contribution >= 4 is 11.6 Å². The first-order valence-electron chi connectivity index (χ1n) is 11.3. The highest BCUT2D eigenvalue weighted by Crippen LogP contribution is 2.36. The number of ketones is 2. The normalized spacial score (nSPS) is 15.2. The number of rotatable bonds is 12. The molecule has 0 bridgehead atoms. The predicted octanol–water partition coefficient (Wildman–Crippen LogP) is 6.15. The standard InChI is InChI=1S/C28H32O4/c1-4-25-21(12-15-24(29)18-20-8-6-5-7-9-20)10-11-22(25)13-16-26(30)23-14-17-27(31-2)28(19-23)32-3/h5-11,14,17,19,25H,4,12-13,15-16,18H2,1-3H3. The lowest BCUT2D eigenvalue weighted by Gasteiger charge is -2.18. The lowest BCUT2D eigenvalue weighted by molar-refractivity contribution is -0.118. The molecular weight excluding hydrogens is 400 g/mol. The largest absolute Gasteiger partial charge is 0.493 e. The van der Waals surface area contributed by atoms with Crippen molar-refractivity contribution in [2.45, 2.75) is 45.4 Å². The minimum atomic E-state index is 0.0909. The van der Waals surface area contributed by atoms with Crippen LogP contribution >= 0.6 is 0 Å². The molecule has 2 aromatic rings. The van der Waals surface area contributed by atoms with Gasteiger partial charge < -0.3 is 9.47 Å². The highest BCUT2D eigenvalue weighted by Gasteiger charge is 2.22. The zero-order chi connectivity index (χ0) is 22.9. The molecule has 3 rings (SSSR count). The Morgan fingerprint density at radius 1 is 0.844 bits per heavy atom. The average molecular weight is 433 g/mol. The minimum absolute atomic E-state index is 0.0909. The van der Waals surface area contributed by atoms with Crippen LogP contribution in [0.25, 0.3) is 0 Å². The van der Waals surface area contributed by atoms with E-state index in [1.807, 2.05) is 30.3 Å². The van der Waals surface area contributed by atoms with Gasteiger partial charge in [-0.3, -0.25) is 9.59 Å². The molecule has 0 fully saturated rings. The predicted molar refractivity (Wildman–Crippen MR) is 127 cm³/mol. The summed E-state index contributed by atoms with van der Waals surface area (Å²) in [4.78, 5) is 25.2. The highest BCUT2D eigenvalue weighted by atomic mass is 16.5. The molecule has 0 N–H and O–H groups in total. The Morgan fingerprint density at radius 3 is 2.12 bits per heavy atom. The van der Waals surface area contributed by atoms with E-state index < -0.39 is 0 Å². The number of methoxy groups -OCH3 is 2. The van der Waals surface area contributed by atoms with Gasteiger partial charge in [0, 0.05) is 30.7 Å². The third-order valence-electron chi connectivity index (χ3n) is 6.10. The first-order valence-corrected chi connectivity index (χ1v) is 11.3. The molecule has 1 atom stereocenters. The molecule has 32 heavy (non-hydrogen) atoms. The van der Waals surface area contributed by atoms with Crippen LogP contribution in [0, 0.1) is 5.92 Å². The average Bonchev–Trinajstić information content (AvgIpc) is 3.23. The lowest BCUT2D eigenvalue weighted by atomic mass is 9.87. The van der Waals surface area contributed by atoms with Crippen molar-refractivity contribution in [3.8, 4) is 11.5 Å². The smallest absolute Gasteiger partial charge is 0.163 e. The zero-order valence-electron chi connectivity index (χ0n) is 19.2. The summed E-state index contributed by atoms with van der Waals surface area (Å²) in [6.07, 6.45) is 8.29. The number of carbonyl (C=O) groups is 2. The second-order valence-corrected chi connectivity index (χ2v) is 8.14. The van der Waals surface area contributed by atoms with E-state index in [9.17, 15) is 9.59 Å².